The fourth-order valence-corrected chi connectivity index (χ4v) is 3.19. The molecule has 3 N–H and O–H groups in total. The minimum Gasteiger partial charge on any atom is -0.481 e. The number of hydrogen-bond donors (Lipinski definition) is 3. The fourth-order valence-electron chi connectivity index (χ4n) is 3.19. The lowest BCUT2D eigenvalue weighted by molar-refractivity contribution is -0.152. The van der Waals surface area contributed by atoms with Gasteiger partial charge in [0, 0.05) is 12.0 Å². The highest BCUT2D eigenvalue weighted by Crippen LogP contribution is 2.36. The third-order valence-electron chi connectivity index (χ3n) is 4.72. The first-order chi connectivity index (χ1) is 9.04. The summed E-state index contributed by atoms with van der Waals surface area (Å²) in [6.45, 7) is 3.51. The third-order valence-corrected chi connectivity index (χ3v) is 4.72. The van der Waals surface area contributed by atoms with Crippen molar-refractivity contribution in [3.63, 3.8) is 0 Å². The highest BCUT2D eigenvalue weighted by atomic mass is 16.4. The topological polar surface area (TPSA) is 78.4 Å². The van der Waals surface area contributed by atoms with E-state index >= 15 is 0 Å². The van der Waals surface area contributed by atoms with Crippen LogP contribution >= 0.6 is 0 Å². The summed E-state index contributed by atoms with van der Waals surface area (Å²) < 4.78 is 0. The molecule has 1 aliphatic carbocycles. The molecule has 108 valence electrons. The monoisotopic (exact) mass is 268 g/mol. The van der Waals surface area contributed by atoms with Gasteiger partial charge in [0.25, 0.3) is 0 Å². The van der Waals surface area contributed by atoms with E-state index in [1.54, 1.807) is 6.92 Å². The molecule has 19 heavy (non-hydrogen) atoms. The summed E-state index contributed by atoms with van der Waals surface area (Å²) in [6.07, 6.45) is 5.06. The molecule has 0 spiro atoms. The van der Waals surface area contributed by atoms with Crippen LogP contribution < -0.4 is 10.6 Å². The van der Waals surface area contributed by atoms with Crippen molar-refractivity contribution >= 4 is 11.9 Å². The Labute approximate surface area is 114 Å². The average Bonchev–Trinajstić information content (AvgIpc) is 2.42. The van der Waals surface area contributed by atoms with Crippen molar-refractivity contribution in [2.24, 2.45) is 11.3 Å². The fraction of sp³-hybridized carbons (Fsp3) is 0.857. The molecule has 2 aliphatic rings. The van der Waals surface area contributed by atoms with Crippen molar-refractivity contribution in [2.75, 3.05) is 13.1 Å². The normalized spacial score (nSPS) is 32.8. The zero-order valence-electron chi connectivity index (χ0n) is 11.6. The number of aliphatic carboxylic acids is 1. The van der Waals surface area contributed by atoms with Gasteiger partial charge in [-0.3, -0.25) is 9.59 Å². The van der Waals surface area contributed by atoms with Crippen molar-refractivity contribution in [2.45, 2.75) is 51.5 Å². The average molecular weight is 268 g/mol. The molecule has 1 amide bonds. The first-order valence-corrected chi connectivity index (χ1v) is 7.28. The van der Waals surface area contributed by atoms with Crippen LogP contribution in [0.25, 0.3) is 0 Å². The maximum atomic E-state index is 12.2. The summed E-state index contributed by atoms with van der Waals surface area (Å²) in [4.78, 5) is 23.7. The van der Waals surface area contributed by atoms with Crippen molar-refractivity contribution < 1.29 is 14.7 Å². The van der Waals surface area contributed by atoms with Crippen LogP contribution in [-0.4, -0.2) is 36.1 Å². The maximum Gasteiger partial charge on any atom is 0.311 e. The highest BCUT2D eigenvalue weighted by Gasteiger charge is 2.44. The molecule has 0 aromatic carbocycles. The lowest BCUT2D eigenvalue weighted by atomic mass is 9.71. The molecule has 2 fully saturated rings. The molecule has 0 radical (unpaired) electrons. The summed E-state index contributed by atoms with van der Waals surface area (Å²) in [6, 6.07) is -0.221. The van der Waals surface area contributed by atoms with E-state index in [0.717, 1.165) is 45.2 Å². The number of carboxylic acid groups (broad SMARTS) is 1. The molecule has 0 aromatic heterocycles. The molecule has 1 saturated heterocycles. The van der Waals surface area contributed by atoms with Gasteiger partial charge in [-0.05, 0) is 45.7 Å². The second-order valence-corrected chi connectivity index (χ2v) is 6.05. The van der Waals surface area contributed by atoms with Gasteiger partial charge in [-0.15, -0.1) is 0 Å². The molecule has 5 nitrogen and oxygen atoms in total. The number of piperidine rings is 1. The lowest BCUT2D eigenvalue weighted by Crippen LogP contribution is -2.54. The van der Waals surface area contributed by atoms with E-state index in [9.17, 15) is 14.7 Å². The van der Waals surface area contributed by atoms with Crippen LogP contribution in [0.15, 0.2) is 0 Å². The van der Waals surface area contributed by atoms with E-state index < -0.39 is 11.4 Å². The smallest absolute Gasteiger partial charge is 0.311 e. The van der Waals surface area contributed by atoms with Crippen molar-refractivity contribution in [3.05, 3.63) is 0 Å². The summed E-state index contributed by atoms with van der Waals surface area (Å²) in [5, 5.41) is 15.7. The van der Waals surface area contributed by atoms with Crippen LogP contribution in [0.3, 0.4) is 0 Å². The summed E-state index contributed by atoms with van der Waals surface area (Å²) in [5.74, 6) is -0.704. The Kier molecular flexibility index (Phi) is 4.45. The van der Waals surface area contributed by atoms with Crippen LogP contribution in [0.1, 0.15) is 45.4 Å². The van der Waals surface area contributed by atoms with Crippen molar-refractivity contribution in [1.82, 2.24) is 10.6 Å². The number of hydrogen-bond acceptors (Lipinski definition) is 3. The van der Waals surface area contributed by atoms with Gasteiger partial charge in [0.2, 0.25) is 5.91 Å². The lowest BCUT2D eigenvalue weighted by Gasteiger charge is -2.39. The second-order valence-electron chi connectivity index (χ2n) is 6.05. The first kappa shape index (κ1) is 14.3. The Morgan fingerprint density at radius 2 is 1.89 bits per heavy atom. The Hall–Kier alpha value is -1.10. The largest absolute Gasteiger partial charge is 0.481 e. The van der Waals surface area contributed by atoms with Crippen LogP contribution in [0.4, 0.5) is 0 Å². The molecule has 0 aromatic rings. The predicted octanol–water partition coefficient (Wildman–Crippen LogP) is 1.14. The van der Waals surface area contributed by atoms with Crippen LogP contribution in [-0.2, 0) is 9.59 Å². The summed E-state index contributed by atoms with van der Waals surface area (Å²) >= 11 is 0. The van der Waals surface area contributed by atoms with E-state index in [1.165, 1.54) is 0 Å². The molecule has 1 aliphatic heterocycles. The first-order valence-electron chi connectivity index (χ1n) is 7.28. The molecule has 0 bridgehead atoms. The van der Waals surface area contributed by atoms with Crippen LogP contribution in [0.2, 0.25) is 0 Å². The van der Waals surface area contributed by atoms with E-state index in [0.29, 0.717) is 6.42 Å². The minimum atomic E-state index is -0.805. The number of carbonyl (C=O) groups is 2. The van der Waals surface area contributed by atoms with Gasteiger partial charge in [0.15, 0.2) is 0 Å². The van der Waals surface area contributed by atoms with E-state index in [-0.39, 0.29) is 17.9 Å². The number of rotatable bonds is 3. The molecule has 2 rings (SSSR count). The van der Waals surface area contributed by atoms with Gasteiger partial charge in [-0.1, -0.05) is 12.8 Å². The number of carboxylic acids is 1. The van der Waals surface area contributed by atoms with E-state index in [1.807, 2.05) is 0 Å². The number of amides is 1. The van der Waals surface area contributed by atoms with Gasteiger partial charge in [0.1, 0.15) is 0 Å². The molecule has 2 atom stereocenters. The molecule has 5 heteroatoms. The van der Waals surface area contributed by atoms with Gasteiger partial charge < -0.3 is 15.7 Å². The van der Waals surface area contributed by atoms with Gasteiger partial charge in [-0.2, -0.15) is 0 Å². The maximum absolute atomic E-state index is 12.2. The summed E-state index contributed by atoms with van der Waals surface area (Å²) in [5.41, 5.74) is -0.805. The zero-order valence-corrected chi connectivity index (χ0v) is 11.6. The Morgan fingerprint density at radius 1 is 1.21 bits per heavy atom. The van der Waals surface area contributed by atoms with Crippen molar-refractivity contribution in [3.8, 4) is 0 Å². The number of nitrogens with one attached hydrogen (secondary N) is 2. The Morgan fingerprint density at radius 3 is 2.53 bits per heavy atom. The van der Waals surface area contributed by atoms with Gasteiger partial charge in [-0.25, -0.2) is 0 Å². The van der Waals surface area contributed by atoms with Crippen molar-refractivity contribution in [1.29, 1.82) is 0 Å². The third kappa shape index (κ3) is 3.08. The van der Waals surface area contributed by atoms with Gasteiger partial charge in [0.05, 0.1) is 5.41 Å². The molecular formula is C14H24N2O3. The Balaban J connectivity index is 1.99. The van der Waals surface area contributed by atoms with E-state index in [4.69, 9.17) is 0 Å². The second kappa shape index (κ2) is 5.90. The minimum absolute atomic E-state index is 0.0425. The zero-order chi connectivity index (χ0) is 13.9. The summed E-state index contributed by atoms with van der Waals surface area (Å²) in [7, 11) is 0. The highest BCUT2D eigenvalue weighted by molar-refractivity contribution is 5.81. The molecule has 1 saturated carbocycles. The van der Waals surface area contributed by atoms with Crippen LogP contribution in [0.5, 0.6) is 0 Å². The molecular weight excluding hydrogens is 244 g/mol. The SMILES string of the molecule is CC1(C(=O)O)CCCCC1NC(=O)C1CCNCC1. The predicted molar refractivity (Wildman–Crippen MR) is 71.7 cm³/mol. The van der Waals surface area contributed by atoms with Crippen LogP contribution in [0, 0.1) is 11.3 Å². The van der Waals surface area contributed by atoms with Gasteiger partial charge >= 0.3 is 5.97 Å². The number of carbonyl (C=O) groups excluding carboxylic acids is 1. The standard InChI is InChI=1S/C14H24N2O3/c1-14(13(18)19)7-3-2-4-11(14)16-12(17)10-5-8-15-9-6-10/h10-11,15H,2-9H2,1H3,(H,16,17)(H,18,19). The quantitative estimate of drug-likeness (QED) is 0.717. The Bertz CT molecular complexity index is 353. The molecule has 1 heterocycles. The van der Waals surface area contributed by atoms with E-state index in [2.05, 4.69) is 10.6 Å². The molecule has 2 unspecified atom stereocenters.